The van der Waals surface area contributed by atoms with Gasteiger partial charge in [-0.25, -0.2) is 0 Å². The molecule has 2 aromatic carbocycles. The lowest BCUT2D eigenvalue weighted by atomic mass is 9.87. The minimum atomic E-state index is -0.0641. The molecule has 1 aliphatic heterocycles. The van der Waals surface area contributed by atoms with Crippen molar-refractivity contribution in [2.75, 3.05) is 32.8 Å². The first-order valence-corrected chi connectivity index (χ1v) is 10.2. The molecule has 150 valence electrons. The van der Waals surface area contributed by atoms with Gasteiger partial charge in [0.1, 0.15) is 0 Å². The predicted octanol–water partition coefficient (Wildman–Crippen LogP) is 4.44. The van der Waals surface area contributed by atoms with E-state index in [9.17, 15) is 4.79 Å². The van der Waals surface area contributed by atoms with Crippen LogP contribution < -0.4 is 5.32 Å². The minimum Gasteiger partial charge on any atom is -0.379 e. The number of amides is 1. The van der Waals surface area contributed by atoms with Crippen molar-refractivity contribution in [1.29, 1.82) is 0 Å². The van der Waals surface area contributed by atoms with Crippen molar-refractivity contribution in [1.82, 2.24) is 10.2 Å². The molecular formula is C23H29ClN2O2. The highest BCUT2D eigenvalue weighted by Gasteiger charge is 2.25. The van der Waals surface area contributed by atoms with Crippen molar-refractivity contribution in [3.63, 3.8) is 0 Å². The van der Waals surface area contributed by atoms with Crippen LogP contribution in [0, 0.1) is 0 Å². The molecule has 1 atom stereocenters. The zero-order valence-electron chi connectivity index (χ0n) is 16.9. The standard InChI is InChI=1S/C23H29ClN2O2/c1-23(2,3)18-10-8-17(9-11-18)22(27)25-16-21(26-12-14-28-15-13-26)19-6-4-5-7-20(19)24/h4-11,21H,12-16H2,1-3H3,(H,25,27)/t21-/m0/s1. The van der Waals surface area contributed by atoms with Crippen molar-refractivity contribution in [3.05, 3.63) is 70.2 Å². The van der Waals surface area contributed by atoms with Crippen LogP contribution >= 0.6 is 11.6 Å². The Morgan fingerprint density at radius 3 is 2.36 bits per heavy atom. The van der Waals surface area contributed by atoms with E-state index in [0.717, 1.165) is 23.7 Å². The molecule has 5 heteroatoms. The Labute approximate surface area is 172 Å². The van der Waals surface area contributed by atoms with Crippen LogP contribution in [0.15, 0.2) is 48.5 Å². The predicted molar refractivity (Wildman–Crippen MR) is 114 cm³/mol. The van der Waals surface area contributed by atoms with Gasteiger partial charge < -0.3 is 10.1 Å². The zero-order valence-corrected chi connectivity index (χ0v) is 17.6. The summed E-state index contributed by atoms with van der Waals surface area (Å²) in [4.78, 5) is 15.0. The summed E-state index contributed by atoms with van der Waals surface area (Å²) in [6.45, 7) is 10.0. The van der Waals surface area contributed by atoms with Crippen molar-refractivity contribution >= 4 is 17.5 Å². The fourth-order valence-electron chi connectivity index (χ4n) is 3.48. The topological polar surface area (TPSA) is 41.6 Å². The van der Waals surface area contributed by atoms with Crippen molar-refractivity contribution < 1.29 is 9.53 Å². The largest absolute Gasteiger partial charge is 0.379 e. The van der Waals surface area contributed by atoms with Crippen LogP contribution in [0.2, 0.25) is 5.02 Å². The molecule has 4 nitrogen and oxygen atoms in total. The molecule has 0 aromatic heterocycles. The fourth-order valence-corrected chi connectivity index (χ4v) is 3.74. The molecule has 2 aromatic rings. The second-order valence-corrected chi connectivity index (χ2v) is 8.63. The van der Waals surface area contributed by atoms with Crippen LogP contribution in [-0.2, 0) is 10.2 Å². The molecule has 1 aliphatic rings. The highest BCUT2D eigenvalue weighted by atomic mass is 35.5. The summed E-state index contributed by atoms with van der Waals surface area (Å²) in [6.07, 6.45) is 0. The first kappa shape index (κ1) is 20.8. The molecule has 28 heavy (non-hydrogen) atoms. The van der Waals surface area contributed by atoms with Gasteiger partial charge in [0.05, 0.1) is 19.3 Å². The fraction of sp³-hybridized carbons (Fsp3) is 0.435. The number of nitrogens with zero attached hydrogens (tertiary/aromatic N) is 1. The number of ether oxygens (including phenoxy) is 1. The van der Waals surface area contributed by atoms with E-state index in [2.05, 4.69) is 31.0 Å². The van der Waals surface area contributed by atoms with Crippen LogP contribution in [0.5, 0.6) is 0 Å². The van der Waals surface area contributed by atoms with E-state index in [1.54, 1.807) is 0 Å². The Bertz CT molecular complexity index is 793. The van der Waals surface area contributed by atoms with Gasteiger partial charge >= 0.3 is 0 Å². The quantitative estimate of drug-likeness (QED) is 0.806. The highest BCUT2D eigenvalue weighted by Crippen LogP contribution is 2.28. The first-order valence-electron chi connectivity index (χ1n) is 9.81. The smallest absolute Gasteiger partial charge is 0.251 e. The monoisotopic (exact) mass is 400 g/mol. The number of benzene rings is 2. The Kier molecular flexibility index (Phi) is 6.76. The molecule has 1 fully saturated rings. The third kappa shape index (κ3) is 5.13. The van der Waals surface area contributed by atoms with Gasteiger partial charge in [0, 0.05) is 30.2 Å². The SMILES string of the molecule is CC(C)(C)c1ccc(C(=O)NC[C@@H](c2ccccc2Cl)N2CCOCC2)cc1. The molecule has 0 aliphatic carbocycles. The Morgan fingerprint density at radius 1 is 1.11 bits per heavy atom. The summed E-state index contributed by atoms with van der Waals surface area (Å²) < 4.78 is 5.49. The number of nitrogens with one attached hydrogen (secondary N) is 1. The average Bonchev–Trinajstić information content (AvgIpc) is 2.69. The van der Waals surface area contributed by atoms with Gasteiger partial charge in [0.25, 0.3) is 5.91 Å². The number of halogens is 1. The van der Waals surface area contributed by atoms with E-state index < -0.39 is 0 Å². The van der Waals surface area contributed by atoms with Gasteiger partial charge in [-0.1, -0.05) is 62.7 Å². The van der Waals surface area contributed by atoms with Crippen LogP contribution in [0.25, 0.3) is 0 Å². The summed E-state index contributed by atoms with van der Waals surface area (Å²) in [7, 11) is 0. The third-order valence-electron chi connectivity index (χ3n) is 5.22. The van der Waals surface area contributed by atoms with Gasteiger partial charge in [-0.2, -0.15) is 0 Å². The maximum absolute atomic E-state index is 12.7. The Hall–Kier alpha value is -1.88. The van der Waals surface area contributed by atoms with Gasteiger partial charge in [0.15, 0.2) is 0 Å². The molecule has 0 unspecified atom stereocenters. The summed E-state index contributed by atoms with van der Waals surface area (Å²) >= 11 is 6.46. The molecular weight excluding hydrogens is 372 g/mol. The third-order valence-corrected chi connectivity index (χ3v) is 5.56. The molecule has 1 saturated heterocycles. The number of morpholine rings is 1. The maximum atomic E-state index is 12.7. The average molecular weight is 401 g/mol. The Morgan fingerprint density at radius 2 is 1.75 bits per heavy atom. The molecule has 0 radical (unpaired) electrons. The zero-order chi connectivity index (χ0) is 20.1. The lowest BCUT2D eigenvalue weighted by Gasteiger charge is -2.35. The van der Waals surface area contributed by atoms with E-state index in [4.69, 9.17) is 16.3 Å². The van der Waals surface area contributed by atoms with E-state index in [1.807, 2.05) is 48.5 Å². The van der Waals surface area contributed by atoms with Crippen LogP contribution in [0.4, 0.5) is 0 Å². The molecule has 1 N–H and O–H groups in total. The molecule has 3 rings (SSSR count). The second kappa shape index (κ2) is 9.08. The van der Waals surface area contributed by atoms with Crippen LogP contribution in [0.1, 0.15) is 48.3 Å². The van der Waals surface area contributed by atoms with E-state index in [-0.39, 0.29) is 17.4 Å². The van der Waals surface area contributed by atoms with E-state index >= 15 is 0 Å². The number of hydrogen-bond acceptors (Lipinski definition) is 3. The lowest BCUT2D eigenvalue weighted by Crippen LogP contribution is -2.44. The van der Waals surface area contributed by atoms with Crippen molar-refractivity contribution in [3.8, 4) is 0 Å². The Balaban J connectivity index is 1.72. The van der Waals surface area contributed by atoms with Crippen LogP contribution in [-0.4, -0.2) is 43.7 Å². The number of carbonyl (C=O) groups excluding carboxylic acids is 1. The normalized spacial score (nSPS) is 16.6. The van der Waals surface area contributed by atoms with Crippen molar-refractivity contribution in [2.24, 2.45) is 0 Å². The van der Waals surface area contributed by atoms with Gasteiger partial charge in [-0.05, 0) is 34.7 Å². The molecule has 1 heterocycles. The van der Waals surface area contributed by atoms with Gasteiger partial charge in [-0.15, -0.1) is 0 Å². The number of carbonyl (C=O) groups is 1. The van der Waals surface area contributed by atoms with Crippen LogP contribution in [0.3, 0.4) is 0 Å². The minimum absolute atomic E-state index is 0.0235. The van der Waals surface area contributed by atoms with E-state index in [0.29, 0.717) is 25.3 Å². The molecule has 0 saturated carbocycles. The molecule has 1 amide bonds. The number of rotatable bonds is 5. The summed E-state index contributed by atoms with van der Waals surface area (Å²) in [5, 5.41) is 3.82. The highest BCUT2D eigenvalue weighted by molar-refractivity contribution is 6.31. The van der Waals surface area contributed by atoms with Gasteiger partial charge in [-0.3, -0.25) is 9.69 Å². The first-order chi connectivity index (χ1) is 13.4. The van der Waals surface area contributed by atoms with Gasteiger partial charge in [0.2, 0.25) is 0 Å². The molecule has 0 bridgehead atoms. The van der Waals surface area contributed by atoms with E-state index in [1.165, 1.54) is 5.56 Å². The summed E-state index contributed by atoms with van der Waals surface area (Å²) in [5.41, 5.74) is 2.99. The maximum Gasteiger partial charge on any atom is 0.251 e. The number of hydrogen-bond donors (Lipinski definition) is 1. The van der Waals surface area contributed by atoms with Crippen molar-refractivity contribution in [2.45, 2.75) is 32.2 Å². The summed E-state index contributed by atoms with van der Waals surface area (Å²) in [6, 6.07) is 15.7. The lowest BCUT2D eigenvalue weighted by molar-refractivity contribution is 0.0162. The second-order valence-electron chi connectivity index (χ2n) is 8.22. The summed E-state index contributed by atoms with van der Waals surface area (Å²) in [5.74, 6) is -0.0641. The molecule has 0 spiro atoms.